The maximum Gasteiger partial charge on any atom is 0.204 e. The van der Waals surface area contributed by atoms with Crippen LogP contribution in [-0.2, 0) is 0 Å². The third kappa shape index (κ3) is 5.20. The minimum absolute atomic E-state index is 0.337. The highest BCUT2D eigenvalue weighted by atomic mass is 16.3. The average Bonchev–Trinajstić information content (AvgIpc) is 3.99. The molecule has 0 aliphatic heterocycles. The fraction of sp³-hybridized carbons (Fsp3) is 0. The third-order valence-corrected chi connectivity index (χ3v) is 11.6. The predicted octanol–water partition coefficient (Wildman–Crippen LogP) is 13.4. The van der Waals surface area contributed by atoms with Crippen LogP contribution in [0, 0.1) is 17.9 Å². The molecule has 8 heteroatoms. The lowest BCUT2D eigenvalue weighted by Crippen LogP contribution is -2.00. The van der Waals surface area contributed by atoms with Crippen LogP contribution in [0.1, 0.15) is 5.56 Å². The van der Waals surface area contributed by atoms with Crippen molar-refractivity contribution in [3.63, 3.8) is 0 Å². The van der Waals surface area contributed by atoms with Crippen molar-refractivity contribution < 1.29 is 4.42 Å². The fourth-order valence-corrected chi connectivity index (χ4v) is 8.90. The summed E-state index contributed by atoms with van der Waals surface area (Å²) >= 11 is 0. The highest BCUT2D eigenvalue weighted by molar-refractivity contribution is 6.29. The molecular formula is C53H29N7O. The molecule has 61 heavy (non-hydrogen) atoms. The summed E-state index contributed by atoms with van der Waals surface area (Å²) in [5.74, 6) is 1.84. The van der Waals surface area contributed by atoms with Crippen LogP contribution in [0.4, 0.5) is 5.69 Å². The summed E-state index contributed by atoms with van der Waals surface area (Å²) in [6.45, 7) is 7.55. The molecule has 0 bridgehead atoms. The molecule has 0 saturated heterocycles. The van der Waals surface area contributed by atoms with Crippen molar-refractivity contribution in [2.75, 3.05) is 0 Å². The zero-order chi connectivity index (χ0) is 40.6. The van der Waals surface area contributed by atoms with Gasteiger partial charge in [0, 0.05) is 49.6 Å². The molecule has 4 heterocycles. The van der Waals surface area contributed by atoms with Crippen molar-refractivity contribution in [2.45, 2.75) is 0 Å². The van der Waals surface area contributed by atoms with Gasteiger partial charge in [-0.25, -0.2) is 19.8 Å². The minimum atomic E-state index is 0.337. The van der Waals surface area contributed by atoms with Crippen molar-refractivity contribution in [3.05, 3.63) is 193 Å². The molecule has 0 amide bonds. The lowest BCUT2D eigenvalue weighted by molar-refractivity contribution is 0.677. The molecule has 0 aliphatic carbocycles. The molecule has 12 rings (SSSR count). The Balaban J connectivity index is 1.04. The topological polar surface area (TPSA) is 89.8 Å². The summed E-state index contributed by atoms with van der Waals surface area (Å²) in [6, 6.07) is 61.4. The molecule has 0 aliphatic rings. The highest BCUT2D eigenvalue weighted by Gasteiger charge is 2.23. The molecule has 0 unspecified atom stereocenters. The van der Waals surface area contributed by atoms with E-state index in [4.69, 9.17) is 25.9 Å². The predicted molar refractivity (Wildman–Crippen MR) is 243 cm³/mol. The Labute approximate surface area is 348 Å². The van der Waals surface area contributed by atoms with Gasteiger partial charge in [-0.1, -0.05) is 103 Å². The number of para-hydroxylation sites is 2. The highest BCUT2D eigenvalue weighted by Crippen LogP contribution is 2.45. The normalized spacial score (nSPS) is 11.6. The van der Waals surface area contributed by atoms with Gasteiger partial charge in [-0.15, -0.1) is 0 Å². The van der Waals surface area contributed by atoms with Gasteiger partial charge in [0.15, 0.2) is 17.5 Å². The van der Waals surface area contributed by atoms with Crippen LogP contribution in [-0.4, -0.2) is 24.1 Å². The van der Waals surface area contributed by atoms with Crippen molar-refractivity contribution in [1.82, 2.24) is 24.1 Å². The summed E-state index contributed by atoms with van der Waals surface area (Å²) in [5, 5.41) is 16.1. The van der Waals surface area contributed by atoms with Crippen LogP contribution in [0.5, 0.6) is 0 Å². The van der Waals surface area contributed by atoms with Gasteiger partial charge in [-0.3, -0.25) is 0 Å². The van der Waals surface area contributed by atoms with E-state index in [2.05, 4.69) is 105 Å². The van der Waals surface area contributed by atoms with Gasteiger partial charge in [-0.2, -0.15) is 5.26 Å². The number of aromatic nitrogens is 5. The van der Waals surface area contributed by atoms with Crippen LogP contribution in [0.3, 0.4) is 0 Å². The lowest BCUT2D eigenvalue weighted by atomic mass is 10.1. The number of hydrogen-bond donors (Lipinski definition) is 0. The van der Waals surface area contributed by atoms with Crippen molar-refractivity contribution >= 4 is 71.2 Å². The maximum atomic E-state index is 9.88. The second-order valence-electron chi connectivity index (χ2n) is 15.0. The van der Waals surface area contributed by atoms with Gasteiger partial charge in [-0.05, 0) is 72.8 Å². The van der Waals surface area contributed by atoms with Crippen LogP contribution in [0.25, 0.3) is 116 Å². The monoisotopic (exact) mass is 779 g/mol. The molecule has 0 N–H and O–H groups in total. The number of rotatable bonds is 5. The Bertz CT molecular complexity index is 3770. The first-order valence-corrected chi connectivity index (χ1v) is 19.9. The average molecular weight is 780 g/mol. The second kappa shape index (κ2) is 13.4. The van der Waals surface area contributed by atoms with E-state index in [0.29, 0.717) is 28.7 Å². The SMILES string of the molecule is [C-]#[N+]c1ccc(-n2c3ccccc3c3c4oc5c(ccc6c5c5ccccc5n6-c5ccc(-c6nc(-c7ccccc7)nc(-c7ccccc7)n6)cc5)c4ccc32)cc1C#N. The molecule has 0 radical (unpaired) electrons. The largest absolute Gasteiger partial charge is 0.455 e. The molecule has 282 valence electrons. The van der Waals surface area contributed by atoms with Crippen LogP contribution in [0.15, 0.2) is 180 Å². The van der Waals surface area contributed by atoms with E-state index < -0.39 is 0 Å². The first kappa shape index (κ1) is 34.2. The summed E-state index contributed by atoms with van der Waals surface area (Å²) in [4.78, 5) is 18.3. The Morgan fingerprint density at radius 2 is 0.918 bits per heavy atom. The van der Waals surface area contributed by atoms with E-state index in [-0.39, 0.29) is 0 Å². The van der Waals surface area contributed by atoms with E-state index in [1.165, 1.54) is 0 Å². The fourth-order valence-electron chi connectivity index (χ4n) is 8.90. The Kier molecular flexibility index (Phi) is 7.49. The first-order valence-electron chi connectivity index (χ1n) is 19.9. The number of furan rings is 1. The van der Waals surface area contributed by atoms with E-state index >= 15 is 0 Å². The molecular weight excluding hydrogens is 751 g/mol. The lowest BCUT2D eigenvalue weighted by Gasteiger charge is -2.10. The molecule has 0 atom stereocenters. The summed E-state index contributed by atoms with van der Waals surface area (Å²) in [5.41, 5.74) is 10.9. The van der Waals surface area contributed by atoms with Crippen LogP contribution in [0.2, 0.25) is 0 Å². The summed E-state index contributed by atoms with van der Waals surface area (Å²) in [6.07, 6.45) is 0. The van der Waals surface area contributed by atoms with Crippen molar-refractivity contribution in [1.29, 1.82) is 5.26 Å². The minimum Gasteiger partial charge on any atom is -0.455 e. The Morgan fingerprint density at radius 3 is 1.43 bits per heavy atom. The van der Waals surface area contributed by atoms with Gasteiger partial charge < -0.3 is 13.6 Å². The van der Waals surface area contributed by atoms with E-state index in [0.717, 1.165) is 93.6 Å². The second-order valence-corrected chi connectivity index (χ2v) is 15.0. The zero-order valence-electron chi connectivity index (χ0n) is 32.3. The molecule has 0 fully saturated rings. The van der Waals surface area contributed by atoms with Crippen LogP contribution >= 0.6 is 0 Å². The van der Waals surface area contributed by atoms with E-state index in [9.17, 15) is 5.26 Å². The molecule has 0 spiro atoms. The number of fused-ring (bicyclic) bond motifs is 11. The van der Waals surface area contributed by atoms with Crippen LogP contribution < -0.4 is 0 Å². The van der Waals surface area contributed by atoms with E-state index in [1.807, 2.05) is 78.9 Å². The Morgan fingerprint density at radius 1 is 0.459 bits per heavy atom. The number of hydrogen-bond acceptors (Lipinski definition) is 5. The Hall–Kier alpha value is -8.85. The third-order valence-electron chi connectivity index (χ3n) is 11.6. The van der Waals surface area contributed by atoms with Gasteiger partial charge in [0.05, 0.1) is 51.0 Å². The molecule has 8 aromatic carbocycles. The molecule has 0 saturated carbocycles. The summed E-state index contributed by atoms with van der Waals surface area (Å²) < 4.78 is 11.5. The number of benzene rings is 8. The summed E-state index contributed by atoms with van der Waals surface area (Å²) in [7, 11) is 0. The molecule has 4 aromatic heterocycles. The molecule has 12 aromatic rings. The van der Waals surface area contributed by atoms with Gasteiger partial charge >= 0.3 is 0 Å². The zero-order valence-corrected chi connectivity index (χ0v) is 32.3. The number of nitrogens with zero attached hydrogens (tertiary/aromatic N) is 7. The standard InChI is InChI=1S/C53H29N7O/c1-55-42-27-24-37(30-35(42)31-54)60-44-19-11-9-17-41(44)48-46(60)29-26-39-38-25-28-45-47(49(38)61-50(39)48)40-16-8-10-18-43(40)59(45)36-22-20-34(21-23-36)53-57-51(32-12-4-2-5-13-32)56-52(58-53)33-14-6-3-7-15-33/h2-30H. The van der Waals surface area contributed by atoms with Gasteiger partial charge in [0.1, 0.15) is 11.2 Å². The van der Waals surface area contributed by atoms with Crippen molar-refractivity contribution in [2.24, 2.45) is 0 Å². The maximum absolute atomic E-state index is 9.88. The van der Waals surface area contributed by atoms with Gasteiger partial charge in [0.25, 0.3) is 0 Å². The smallest absolute Gasteiger partial charge is 0.204 e. The quantitative estimate of drug-likeness (QED) is 0.162. The van der Waals surface area contributed by atoms with E-state index in [1.54, 1.807) is 12.1 Å². The first-order chi connectivity index (χ1) is 30.2. The molecule has 8 nitrogen and oxygen atoms in total. The van der Waals surface area contributed by atoms with Crippen molar-refractivity contribution in [3.8, 4) is 51.6 Å². The van der Waals surface area contributed by atoms with Gasteiger partial charge in [0.2, 0.25) is 5.69 Å². The number of nitriles is 1.